The predicted molar refractivity (Wildman–Crippen MR) is 81.7 cm³/mol. The van der Waals surface area contributed by atoms with Gasteiger partial charge < -0.3 is 5.11 Å². The van der Waals surface area contributed by atoms with E-state index in [-0.39, 0.29) is 11.0 Å². The van der Waals surface area contributed by atoms with Crippen molar-refractivity contribution in [3.05, 3.63) is 28.0 Å². The standard InChI is InChI=1S/C14H19BrFNO3S/c1-9(2)14(3-4-14)8-17-21(19,20)12-6-11(15)5-10(7-18)13(12)16/h5-6,9,17-18H,3-4,7-8H2,1-2H3. The van der Waals surface area contributed by atoms with Crippen LogP contribution in [0.1, 0.15) is 32.3 Å². The van der Waals surface area contributed by atoms with Crippen molar-refractivity contribution < 1.29 is 17.9 Å². The fourth-order valence-electron chi connectivity index (χ4n) is 2.36. The van der Waals surface area contributed by atoms with Crippen molar-refractivity contribution in [3.8, 4) is 0 Å². The van der Waals surface area contributed by atoms with Crippen LogP contribution in [-0.2, 0) is 16.6 Å². The molecule has 1 fully saturated rings. The van der Waals surface area contributed by atoms with Crippen LogP contribution >= 0.6 is 15.9 Å². The molecule has 1 aromatic carbocycles. The summed E-state index contributed by atoms with van der Waals surface area (Å²) in [6.07, 6.45) is 1.96. The van der Waals surface area contributed by atoms with Gasteiger partial charge in [0.2, 0.25) is 10.0 Å². The lowest BCUT2D eigenvalue weighted by molar-refractivity contribution is 0.274. The number of rotatable bonds is 6. The summed E-state index contributed by atoms with van der Waals surface area (Å²) in [5, 5.41) is 9.10. The number of halogens is 2. The Hall–Kier alpha value is -0.500. The lowest BCUT2D eigenvalue weighted by Gasteiger charge is -2.20. The van der Waals surface area contributed by atoms with Gasteiger partial charge in [-0.15, -0.1) is 0 Å². The van der Waals surface area contributed by atoms with Crippen LogP contribution in [0.4, 0.5) is 4.39 Å². The molecule has 1 aliphatic rings. The monoisotopic (exact) mass is 379 g/mol. The first-order valence-corrected chi connectivity index (χ1v) is 9.08. The minimum Gasteiger partial charge on any atom is -0.392 e. The van der Waals surface area contributed by atoms with E-state index in [2.05, 4.69) is 34.5 Å². The minimum atomic E-state index is -3.94. The molecule has 0 radical (unpaired) electrons. The van der Waals surface area contributed by atoms with E-state index in [9.17, 15) is 12.8 Å². The third-order valence-electron chi connectivity index (χ3n) is 4.27. The molecule has 0 atom stereocenters. The predicted octanol–water partition coefficient (Wildman–Crippen LogP) is 2.80. The molecule has 1 aliphatic carbocycles. The highest BCUT2D eigenvalue weighted by Crippen LogP contribution is 2.51. The Labute approximate surface area is 132 Å². The molecule has 0 amide bonds. The number of aliphatic hydroxyl groups is 1. The van der Waals surface area contributed by atoms with Gasteiger partial charge in [-0.25, -0.2) is 17.5 Å². The Balaban J connectivity index is 2.26. The van der Waals surface area contributed by atoms with E-state index >= 15 is 0 Å². The summed E-state index contributed by atoms with van der Waals surface area (Å²) >= 11 is 3.14. The third kappa shape index (κ3) is 3.47. The molecule has 21 heavy (non-hydrogen) atoms. The number of hydrogen-bond acceptors (Lipinski definition) is 3. The van der Waals surface area contributed by atoms with Crippen LogP contribution in [0.5, 0.6) is 0 Å². The molecule has 2 rings (SSSR count). The zero-order valence-electron chi connectivity index (χ0n) is 12.0. The Bertz CT molecular complexity index is 642. The van der Waals surface area contributed by atoms with Crippen molar-refractivity contribution in [3.63, 3.8) is 0 Å². The molecule has 0 aromatic heterocycles. The SMILES string of the molecule is CC(C)C1(CNS(=O)(=O)c2cc(Br)cc(CO)c2F)CC1. The normalized spacial score (nSPS) is 17.2. The van der Waals surface area contributed by atoms with Gasteiger partial charge >= 0.3 is 0 Å². The molecule has 0 bridgehead atoms. The van der Waals surface area contributed by atoms with Crippen LogP contribution in [-0.4, -0.2) is 20.1 Å². The molecule has 0 unspecified atom stereocenters. The summed E-state index contributed by atoms with van der Waals surface area (Å²) in [4.78, 5) is -0.430. The number of sulfonamides is 1. The summed E-state index contributed by atoms with van der Waals surface area (Å²) < 4.78 is 41.7. The first-order chi connectivity index (χ1) is 9.72. The molecule has 0 aliphatic heterocycles. The second-order valence-corrected chi connectivity index (χ2v) is 8.53. The maximum absolute atomic E-state index is 14.1. The molecule has 4 nitrogen and oxygen atoms in total. The van der Waals surface area contributed by atoms with Crippen LogP contribution in [0.15, 0.2) is 21.5 Å². The van der Waals surface area contributed by atoms with Crippen molar-refractivity contribution in [2.24, 2.45) is 11.3 Å². The van der Waals surface area contributed by atoms with Gasteiger partial charge in [-0.1, -0.05) is 29.8 Å². The molecule has 0 heterocycles. The molecule has 1 aromatic rings. The van der Waals surface area contributed by atoms with E-state index in [4.69, 9.17) is 5.11 Å². The summed E-state index contributed by atoms with van der Waals surface area (Å²) in [6, 6.07) is 2.58. The molecule has 7 heteroatoms. The molecular formula is C14H19BrFNO3S. The Morgan fingerprint density at radius 2 is 2.05 bits per heavy atom. The molecule has 1 saturated carbocycles. The first-order valence-electron chi connectivity index (χ1n) is 6.80. The van der Waals surface area contributed by atoms with Gasteiger partial charge in [0.05, 0.1) is 6.61 Å². The second-order valence-electron chi connectivity index (χ2n) is 5.88. The van der Waals surface area contributed by atoms with E-state index in [1.54, 1.807) is 0 Å². The van der Waals surface area contributed by atoms with Gasteiger partial charge in [-0.05, 0) is 36.3 Å². The zero-order chi connectivity index (χ0) is 15.8. The minimum absolute atomic E-state index is 0.00460. The summed E-state index contributed by atoms with van der Waals surface area (Å²) in [6.45, 7) is 3.88. The van der Waals surface area contributed by atoms with Crippen LogP contribution in [0.2, 0.25) is 0 Å². The highest BCUT2D eigenvalue weighted by Gasteiger charge is 2.45. The van der Waals surface area contributed by atoms with Crippen molar-refractivity contribution in [1.82, 2.24) is 4.72 Å². The molecule has 2 N–H and O–H groups in total. The third-order valence-corrected chi connectivity index (χ3v) is 6.13. The fourth-order valence-corrected chi connectivity index (χ4v) is 4.30. The number of hydrogen-bond donors (Lipinski definition) is 2. The van der Waals surface area contributed by atoms with Crippen LogP contribution in [0.3, 0.4) is 0 Å². The Kier molecular flexibility index (Phi) is 4.78. The van der Waals surface area contributed by atoms with Crippen molar-refractivity contribution >= 4 is 26.0 Å². The van der Waals surface area contributed by atoms with Crippen molar-refractivity contribution in [2.75, 3.05) is 6.54 Å². The van der Waals surface area contributed by atoms with E-state index in [0.29, 0.717) is 16.9 Å². The summed E-state index contributed by atoms with van der Waals surface area (Å²) in [7, 11) is -3.94. The molecule has 0 spiro atoms. The molecule has 118 valence electrons. The zero-order valence-corrected chi connectivity index (χ0v) is 14.4. The average molecular weight is 380 g/mol. The van der Waals surface area contributed by atoms with Gasteiger partial charge in [0, 0.05) is 16.6 Å². The van der Waals surface area contributed by atoms with Gasteiger partial charge in [0.15, 0.2) is 0 Å². The van der Waals surface area contributed by atoms with Gasteiger partial charge in [0.25, 0.3) is 0 Å². The largest absolute Gasteiger partial charge is 0.392 e. The first kappa shape index (κ1) is 16.9. The number of aliphatic hydroxyl groups excluding tert-OH is 1. The topological polar surface area (TPSA) is 66.4 Å². The van der Waals surface area contributed by atoms with Gasteiger partial charge in [0.1, 0.15) is 10.7 Å². The number of benzene rings is 1. The van der Waals surface area contributed by atoms with Crippen LogP contribution in [0, 0.1) is 17.2 Å². The smallest absolute Gasteiger partial charge is 0.243 e. The van der Waals surface area contributed by atoms with E-state index in [0.717, 1.165) is 12.8 Å². The Morgan fingerprint density at radius 3 is 2.52 bits per heavy atom. The molecular weight excluding hydrogens is 361 g/mol. The highest BCUT2D eigenvalue weighted by atomic mass is 79.9. The van der Waals surface area contributed by atoms with Gasteiger partial charge in [-0.2, -0.15) is 0 Å². The maximum Gasteiger partial charge on any atom is 0.243 e. The average Bonchev–Trinajstić information content (AvgIpc) is 3.20. The quantitative estimate of drug-likeness (QED) is 0.798. The van der Waals surface area contributed by atoms with Crippen molar-refractivity contribution in [2.45, 2.75) is 38.2 Å². The Morgan fingerprint density at radius 1 is 1.43 bits per heavy atom. The molecule has 0 saturated heterocycles. The lowest BCUT2D eigenvalue weighted by atomic mass is 9.93. The lowest BCUT2D eigenvalue weighted by Crippen LogP contribution is -2.33. The van der Waals surface area contributed by atoms with Crippen molar-refractivity contribution in [1.29, 1.82) is 0 Å². The summed E-state index contributed by atoms with van der Waals surface area (Å²) in [5.41, 5.74) is -0.0511. The fraction of sp³-hybridized carbons (Fsp3) is 0.571. The summed E-state index contributed by atoms with van der Waals surface area (Å²) in [5.74, 6) is -0.525. The van der Waals surface area contributed by atoms with E-state index < -0.39 is 27.3 Å². The van der Waals surface area contributed by atoms with E-state index in [1.807, 2.05) is 0 Å². The van der Waals surface area contributed by atoms with Crippen LogP contribution in [0.25, 0.3) is 0 Å². The van der Waals surface area contributed by atoms with Gasteiger partial charge in [-0.3, -0.25) is 0 Å². The highest BCUT2D eigenvalue weighted by molar-refractivity contribution is 9.10. The van der Waals surface area contributed by atoms with Crippen LogP contribution < -0.4 is 4.72 Å². The van der Waals surface area contributed by atoms with E-state index in [1.165, 1.54) is 12.1 Å². The second kappa shape index (κ2) is 5.95. The number of nitrogens with one attached hydrogen (secondary N) is 1. The maximum atomic E-state index is 14.1.